The fraction of sp³-hybridized carbons (Fsp3) is 0.435. The van der Waals surface area contributed by atoms with Crippen molar-refractivity contribution in [3.8, 4) is 5.75 Å². The van der Waals surface area contributed by atoms with Crippen LogP contribution >= 0.6 is 0 Å². The molecule has 1 amide bonds. The lowest BCUT2D eigenvalue weighted by Gasteiger charge is -2.24. The van der Waals surface area contributed by atoms with E-state index in [1.807, 2.05) is 31.2 Å². The Bertz CT molecular complexity index is 1020. The van der Waals surface area contributed by atoms with Gasteiger partial charge in [-0.2, -0.15) is 0 Å². The van der Waals surface area contributed by atoms with Gasteiger partial charge in [0.25, 0.3) is 0 Å². The number of aryl methyl sites for hydroxylation is 1. The van der Waals surface area contributed by atoms with Crippen LogP contribution in [0.4, 0.5) is 11.4 Å². The van der Waals surface area contributed by atoms with Gasteiger partial charge in [0.2, 0.25) is 15.9 Å². The summed E-state index contributed by atoms with van der Waals surface area (Å²) < 4.78 is 31.2. The van der Waals surface area contributed by atoms with Gasteiger partial charge < -0.3 is 10.1 Å². The highest BCUT2D eigenvalue weighted by Crippen LogP contribution is 2.34. The number of rotatable bonds is 10. The number of likely N-dealkylation sites (N-methyl/N-ethyl adjacent to an activating group) is 1. The molecule has 3 rings (SSSR count). The van der Waals surface area contributed by atoms with E-state index in [4.69, 9.17) is 4.74 Å². The second-order valence-corrected chi connectivity index (χ2v) is 9.63. The van der Waals surface area contributed by atoms with Crippen LogP contribution in [0, 0.1) is 6.92 Å². The summed E-state index contributed by atoms with van der Waals surface area (Å²) in [6.07, 6.45) is 3.22. The third-order valence-electron chi connectivity index (χ3n) is 5.43. The number of benzene rings is 2. The lowest BCUT2D eigenvalue weighted by Crippen LogP contribution is -2.30. The Morgan fingerprint density at radius 2 is 1.84 bits per heavy atom. The predicted molar refractivity (Wildman–Crippen MR) is 124 cm³/mol. The highest BCUT2D eigenvalue weighted by atomic mass is 32.2. The third kappa shape index (κ3) is 6.70. The lowest BCUT2D eigenvalue weighted by atomic mass is 9.98. The Labute approximate surface area is 184 Å². The average molecular weight is 446 g/mol. The molecule has 7 nitrogen and oxygen atoms in total. The molecule has 0 aromatic heterocycles. The molecule has 0 fully saturated rings. The Morgan fingerprint density at radius 3 is 2.52 bits per heavy atom. The lowest BCUT2D eigenvalue weighted by molar-refractivity contribution is -0.116. The van der Waals surface area contributed by atoms with E-state index in [9.17, 15) is 13.2 Å². The minimum Gasteiger partial charge on any atom is -0.492 e. The Hall–Kier alpha value is -2.58. The summed E-state index contributed by atoms with van der Waals surface area (Å²) in [5.74, 6) is 0.913. The maximum atomic E-state index is 11.7. The zero-order chi connectivity index (χ0) is 22.4. The van der Waals surface area contributed by atoms with E-state index in [2.05, 4.69) is 21.9 Å². The Morgan fingerprint density at radius 1 is 1.10 bits per heavy atom. The first-order valence-electron chi connectivity index (χ1n) is 10.6. The summed E-state index contributed by atoms with van der Waals surface area (Å²) in [6.45, 7) is 7.31. The van der Waals surface area contributed by atoms with Crippen molar-refractivity contribution in [1.29, 1.82) is 0 Å². The molecule has 0 bridgehead atoms. The highest BCUT2D eigenvalue weighted by Gasteiger charge is 2.20. The molecule has 0 radical (unpaired) electrons. The molecule has 1 aliphatic rings. The number of hydrogen-bond donors (Lipinski definition) is 2. The van der Waals surface area contributed by atoms with Gasteiger partial charge in [0.1, 0.15) is 12.4 Å². The normalized spacial score (nSPS) is 13.6. The van der Waals surface area contributed by atoms with Crippen LogP contribution in [0.25, 0.3) is 0 Å². The SMILES string of the molecule is CCN(CCOc1ccc(C)c2c1CCC(=O)N2)CCc1ccc(NS(C)(=O)=O)cc1. The van der Waals surface area contributed by atoms with Crippen molar-refractivity contribution in [2.45, 2.75) is 33.1 Å². The van der Waals surface area contributed by atoms with E-state index in [-0.39, 0.29) is 5.91 Å². The number of carbonyl (C=O) groups is 1. The van der Waals surface area contributed by atoms with Crippen LogP contribution in [0.5, 0.6) is 5.75 Å². The van der Waals surface area contributed by atoms with E-state index in [1.165, 1.54) is 0 Å². The monoisotopic (exact) mass is 445 g/mol. The number of ether oxygens (including phenoxy) is 1. The van der Waals surface area contributed by atoms with E-state index in [1.54, 1.807) is 12.1 Å². The van der Waals surface area contributed by atoms with E-state index in [0.29, 0.717) is 25.1 Å². The minimum absolute atomic E-state index is 0.0602. The molecule has 2 N–H and O–H groups in total. The highest BCUT2D eigenvalue weighted by molar-refractivity contribution is 7.92. The molecule has 31 heavy (non-hydrogen) atoms. The smallest absolute Gasteiger partial charge is 0.229 e. The summed E-state index contributed by atoms with van der Waals surface area (Å²) in [5, 5.41) is 2.97. The predicted octanol–water partition coefficient (Wildman–Crippen LogP) is 3.19. The van der Waals surface area contributed by atoms with Crippen LogP contribution in [0.2, 0.25) is 0 Å². The molecular weight excluding hydrogens is 414 g/mol. The molecule has 168 valence electrons. The topological polar surface area (TPSA) is 87.7 Å². The van der Waals surface area contributed by atoms with Crippen molar-refractivity contribution < 1.29 is 17.9 Å². The number of fused-ring (bicyclic) bond motifs is 1. The average Bonchev–Trinajstić information content (AvgIpc) is 2.72. The Kier molecular flexibility index (Phi) is 7.56. The number of nitrogens with zero attached hydrogens (tertiary/aromatic N) is 1. The number of anilines is 2. The van der Waals surface area contributed by atoms with Crippen LogP contribution in [0.1, 0.15) is 30.0 Å². The summed E-state index contributed by atoms with van der Waals surface area (Å²) in [6, 6.07) is 11.5. The Balaban J connectivity index is 1.50. The summed E-state index contributed by atoms with van der Waals surface area (Å²) in [4.78, 5) is 14.0. The maximum absolute atomic E-state index is 11.7. The van der Waals surface area contributed by atoms with Crippen molar-refractivity contribution in [3.63, 3.8) is 0 Å². The van der Waals surface area contributed by atoms with Gasteiger partial charge in [-0.25, -0.2) is 8.42 Å². The second kappa shape index (κ2) is 10.2. The first-order chi connectivity index (χ1) is 14.7. The van der Waals surface area contributed by atoms with Crippen molar-refractivity contribution >= 4 is 27.3 Å². The van der Waals surface area contributed by atoms with Crippen molar-refractivity contribution in [2.75, 3.05) is 42.5 Å². The van der Waals surface area contributed by atoms with Crippen molar-refractivity contribution in [3.05, 3.63) is 53.1 Å². The van der Waals surface area contributed by atoms with Crippen molar-refractivity contribution in [2.24, 2.45) is 0 Å². The standard InChI is InChI=1S/C23H31N3O4S/c1-4-26(14-13-18-6-8-19(9-7-18)25-31(3,28)29)15-16-30-21-11-5-17(2)23-20(21)10-12-22(27)24-23/h5-9,11,25H,4,10,12-16H2,1-3H3,(H,24,27). The van der Waals surface area contributed by atoms with Crippen LogP contribution in [-0.2, 0) is 27.7 Å². The zero-order valence-electron chi connectivity index (χ0n) is 18.4. The van der Waals surface area contributed by atoms with E-state index >= 15 is 0 Å². The number of amides is 1. The van der Waals surface area contributed by atoms with Gasteiger partial charge in [-0.3, -0.25) is 14.4 Å². The third-order valence-corrected chi connectivity index (χ3v) is 6.04. The minimum atomic E-state index is -3.26. The quantitative estimate of drug-likeness (QED) is 0.586. The number of carbonyl (C=O) groups excluding carboxylic acids is 1. The molecule has 0 unspecified atom stereocenters. The molecule has 0 saturated heterocycles. The molecule has 0 aliphatic carbocycles. The molecule has 1 aliphatic heterocycles. The molecule has 8 heteroatoms. The molecular formula is C23H31N3O4S. The fourth-order valence-corrected chi connectivity index (χ4v) is 4.26. The van der Waals surface area contributed by atoms with Gasteiger partial charge in [-0.05, 0) is 55.6 Å². The summed E-state index contributed by atoms with van der Waals surface area (Å²) in [7, 11) is -3.26. The van der Waals surface area contributed by atoms with Crippen LogP contribution in [-0.4, -0.2) is 51.7 Å². The van der Waals surface area contributed by atoms with E-state index in [0.717, 1.165) is 60.4 Å². The molecule has 0 spiro atoms. The molecule has 0 atom stereocenters. The van der Waals surface area contributed by atoms with Crippen LogP contribution in [0.3, 0.4) is 0 Å². The van der Waals surface area contributed by atoms with Crippen molar-refractivity contribution in [1.82, 2.24) is 4.90 Å². The number of sulfonamides is 1. The van der Waals surface area contributed by atoms with Gasteiger partial charge in [0.15, 0.2) is 0 Å². The first-order valence-corrected chi connectivity index (χ1v) is 12.5. The zero-order valence-corrected chi connectivity index (χ0v) is 19.2. The van der Waals surface area contributed by atoms with Gasteiger partial charge in [-0.15, -0.1) is 0 Å². The van der Waals surface area contributed by atoms with Crippen LogP contribution in [0.15, 0.2) is 36.4 Å². The van der Waals surface area contributed by atoms with Crippen LogP contribution < -0.4 is 14.8 Å². The van der Waals surface area contributed by atoms with E-state index < -0.39 is 10.0 Å². The van der Waals surface area contributed by atoms with Gasteiger partial charge in [0, 0.05) is 30.8 Å². The van der Waals surface area contributed by atoms with Gasteiger partial charge >= 0.3 is 0 Å². The molecule has 1 heterocycles. The maximum Gasteiger partial charge on any atom is 0.229 e. The second-order valence-electron chi connectivity index (χ2n) is 7.89. The van der Waals surface area contributed by atoms with Gasteiger partial charge in [-0.1, -0.05) is 25.1 Å². The fourth-order valence-electron chi connectivity index (χ4n) is 3.70. The summed E-state index contributed by atoms with van der Waals surface area (Å²) in [5.41, 5.74) is 4.77. The first kappa shape index (κ1) is 23.1. The molecule has 2 aromatic carbocycles. The number of hydrogen-bond acceptors (Lipinski definition) is 5. The summed E-state index contributed by atoms with van der Waals surface area (Å²) >= 11 is 0. The molecule has 0 saturated carbocycles. The van der Waals surface area contributed by atoms with Gasteiger partial charge in [0.05, 0.1) is 11.9 Å². The number of nitrogens with one attached hydrogen (secondary N) is 2. The largest absolute Gasteiger partial charge is 0.492 e. The molecule has 2 aromatic rings.